The fraction of sp³-hybridized carbons (Fsp3) is 0.258. The van der Waals surface area contributed by atoms with Crippen molar-refractivity contribution in [2.45, 2.75) is 63.9 Å². The highest BCUT2D eigenvalue weighted by Gasteiger charge is 2.35. The van der Waals surface area contributed by atoms with Gasteiger partial charge in [0.2, 0.25) is 17.7 Å². The van der Waals surface area contributed by atoms with Crippen LogP contribution in [0.15, 0.2) is 165 Å². The highest BCUT2D eigenvalue weighted by atomic mass is 19.1. The number of halogens is 1. The summed E-state index contributed by atoms with van der Waals surface area (Å²) < 4.78 is 36.6. The van der Waals surface area contributed by atoms with Crippen LogP contribution >= 0.6 is 0 Å². The molecule has 9 aromatic heterocycles. The van der Waals surface area contributed by atoms with Crippen molar-refractivity contribution in [2.24, 2.45) is 21.1 Å². The zero-order valence-corrected chi connectivity index (χ0v) is 47.2. The molecule has 0 atom stereocenters. The van der Waals surface area contributed by atoms with Gasteiger partial charge >= 0.3 is 6.09 Å². The first-order valence-corrected chi connectivity index (χ1v) is 27.9. The Hall–Kier alpha value is -9.32. The second kappa shape index (κ2) is 22.9. The molecule has 0 bridgehead atoms. The lowest BCUT2D eigenvalue weighted by Crippen LogP contribution is -2.57. The monoisotopic (exact) mass is 1110 g/mol. The Balaban J connectivity index is 0.000000120. The van der Waals surface area contributed by atoms with Gasteiger partial charge in [0.1, 0.15) is 17.8 Å². The van der Waals surface area contributed by atoms with Crippen molar-refractivity contribution in [1.82, 2.24) is 53.8 Å². The van der Waals surface area contributed by atoms with Crippen LogP contribution in [-0.4, -0.2) is 110 Å². The van der Waals surface area contributed by atoms with Gasteiger partial charge in [-0.15, -0.1) is 0 Å². The average Bonchev–Trinajstić information content (AvgIpc) is 4.11. The van der Waals surface area contributed by atoms with E-state index in [-0.39, 0.29) is 24.4 Å². The number of likely N-dealkylation sites (tertiary alicyclic amines) is 1. The first-order valence-electron chi connectivity index (χ1n) is 27.9. The molecule has 3 fully saturated rings. The number of carbonyl (C=O) groups is 1. The molecule has 0 spiro atoms. The first kappa shape index (κ1) is 54.3. The molecule has 2 saturated heterocycles. The fourth-order valence-corrected chi connectivity index (χ4v) is 10.6. The Morgan fingerprint density at radius 3 is 1.25 bits per heavy atom. The van der Waals surface area contributed by atoms with Crippen LogP contribution in [0.5, 0.6) is 11.8 Å². The van der Waals surface area contributed by atoms with Crippen LogP contribution in [0, 0.1) is 5.95 Å². The largest absolute Gasteiger partial charge is 0.472 e. The summed E-state index contributed by atoms with van der Waals surface area (Å²) in [6.45, 7) is 8.39. The van der Waals surface area contributed by atoms with Gasteiger partial charge in [0.05, 0.1) is 35.7 Å². The lowest BCUT2D eigenvalue weighted by atomic mass is 9.97. The molecule has 2 aliphatic heterocycles. The standard InChI is InChI=1S/C25H26N4O3.C20H18N4O.C17H12FN3.C4H8O/c1-25(2,3)32-24(30)29-14-18(15-29)31-23-8-6-17(12-27-23)16-5-7-19-20-13-26-10-9-21(20)28(4)22(19)11-16;1-24-18-6-7-21-12-17(18)16-4-2-13(8-19(16)24)14-3-5-20(23-9-14)25-15-10-22-11-15;1-21-15-6-7-19-10-14(15)13-4-2-11(8-16(13)21)12-3-5-17(18)20-9-12;5-4-2-1-3-4/h5-13,18H,14-15H2,1-4H3;2-9,12,15,22H,10-11H2,1H3;2-10H,1H3;4-5H,1-3H2. The number of aliphatic hydroxyl groups is 1. The Morgan fingerprint density at radius 2 is 0.916 bits per heavy atom. The van der Waals surface area contributed by atoms with Crippen LogP contribution in [0.3, 0.4) is 0 Å². The minimum Gasteiger partial charge on any atom is -0.472 e. The number of aromatic nitrogens is 9. The summed E-state index contributed by atoms with van der Waals surface area (Å²) in [6, 6.07) is 36.3. The number of nitrogens with zero attached hydrogens (tertiary/aromatic N) is 10. The van der Waals surface area contributed by atoms with Crippen molar-refractivity contribution in [3.05, 3.63) is 171 Å². The number of aryl methyl sites for hydroxylation is 3. The first-order chi connectivity index (χ1) is 40.2. The molecule has 83 heavy (non-hydrogen) atoms. The van der Waals surface area contributed by atoms with E-state index >= 15 is 0 Å². The summed E-state index contributed by atoms with van der Waals surface area (Å²) in [6.07, 6.45) is 19.7. The third-order valence-corrected chi connectivity index (χ3v) is 15.5. The van der Waals surface area contributed by atoms with Crippen molar-refractivity contribution in [1.29, 1.82) is 0 Å². The topological polar surface area (TPSA) is 172 Å². The number of nitrogens with one attached hydrogen (secondary N) is 1. The number of hydrogen-bond acceptors (Lipinski definition) is 12. The summed E-state index contributed by atoms with van der Waals surface area (Å²) in [5, 5.41) is 18.7. The van der Waals surface area contributed by atoms with Crippen molar-refractivity contribution in [3.8, 4) is 45.1 Å². The summed E-state index contributed by atoms with van der Waals surface area (Å²) >= 11 is 0. The van der Waals surface area contributed by atoms with Gasteiger partial charge in [-0.3, -0.25) is 15.0 Å². The second-order valence-electron chi connectivity index (χ2n) is 22.3. The Kier molecular flexibility index (Phi) is 15.0. The third-order valence-electron chi connectivity index (χ3n) is 15.5. The SMILES string of the molecule is Cn1c2ccncc2c2ccc(-c3ccc(F)nc3)cc21.Cn1c2ccncc2c2ccc(-c3ccc(OC4CN(C(=O)OC(C)(C)C)C4)nc3)cc21.Cn1c2ccncc2c2ccc(-c3ccc(OC4CNC4)nc3)cc21.OC1CCC1. The fourth-order valence-electron chi connectivity index (χ4n) is 10.6. The molecule has 420 valence electrons. The molecule has 15 rings (SSSR count). The molecule has 1 aliphatic carbocycles. The van der Waals surface area contributed by atoms with E-state index in [0.29, 0.717) is 24.8 Å². The van der Waals surface area contributed by atoms with Crippen molar-refractivity contribution in [2.75, 3.05) is 26.2 Å². The quantitative estimate of drug-likeness (QED) is 0.145. The summed E-state index contributed by atoms with van der Waals surface area (Å²) in [5.74, 6) is 0.780. The van der Waals surface area contributed by atoms with E-state index in [4.69, 9.17) is 19.3 Å². The number of ether oxygens (including phenoxy) is 3. The molecule has 3 aromatic carbocycles. The van der Waals surface area contributed by atoms with Gasteiger partial charge in [0, 0.05) is 168 Å². The molecule has 11 heterocycles. The van der Waals surface area contributed by atoms with Crippen LogP contribution in [-0.2, 0) is 25.9 Å². The highest BCUT2D eigenvalue weighted by Crippen LogP contribution is 2.35. The molecule has 16 nitrogen and oxygen atoms in total. The van der Waals surface area contributed by atoms with E-state index in [1.807, 2.05) is 108 Å². The molecule has 1 saturated carbocycles. The predicted molar refractivity (Wildman–Crippen MR) is 324 cm³/mol. The number of carbonyl (C=O) groups excluding carboxylic acids is 1. The van der Waals surface area contributed by atoms with Gasteiger partial charge in [-0.25, -0.2) is 19.7 Å². The van der Waals surface area contributed by atoms with Crippen molar-refractivity contribution < 1.29 is 28.5 Å². The zero-order chi connectivity index (χ0) is 57.4. The van der Waals surface area contributed by atoms with E-state index in [2.05, 4.69) is 124 Å². The summed E-state index contributed by atoms with van der Waals surface area (Å²) in [7, 11) is 6.20. The van der Waals surface area contributed by atoms with E-state index in [1.54, 1.807) is 23.4 Å². The molecule has 2 N–H and O–H groups in total. The number of aliphatic hydroxyl groups excluding tert-OH is 1. The number of rotatable bonds is 7. The van der Waals surface area contributed by atoms with Gasteiger partial charge in [-0.1, -0.05) is 36.4 Å². The third kappa shape index (κ3) is 11.5. The molecular formula is C66H64FN11O5. The average molecular weight is 1110 g/mol. The molecule has 12 aromatic rings. The number of amides is 1. The minimum atomic E-state index is -0.494. The zero-order valence-electron chi connectivity index (χ0n) is 47.2. The van der Waals surface area contributed by atoms with Gasteiger partial charge in [0.25, 0.3) is 0 Å². The van der Waals surface area contributed by atoms with Crippen LogP contribution in [0.1, 0.15) is 40.0 Å². The lowest BCUT2D eigenvalue weighted by Gasteiger charge is -2.39. The van der Waals surface area contributed by atoms with Gasteiger partial charge < -0.3 is 43.2 Å². The van der Waals surface area contributed by atoms with Gasteiger partial charge in [-0.2, -0.15) is 4.39 Å². The number of hydrogen-bond donors (Lipinski definition) is 2. The molecule has 17 heteroatoms. The van der Waals surface area contributed by atoms with E-state index < -0.39 is 11.5 Å². The van der Waals surface area contributed by atoms with Crippen molar-refractivity contribution in [3.63, 3.8) is 0 Å². The molecule has 1 amide bonds. The maximum atomic E-state index is 12.9. The molecule has 0 unspecified atom stereocenters. The predicted octanol–water partition coefficient (Wildman–Crippen LogP) is 12.4. The Morgan fingerprint density at radius 1 is 0.518 bits per heavy atom. The van der Waals surface area contributed by atoms with Crippen molar-refractivity contribution >= 4 is 71.5 Å². The van der Waals surface area contributed by atoms with E-state index in [9.17, 15) is 9.18 Å². The summed E-state index contributed by atoms with van der Waals surface area (Å²) in [4.78, 5) is 39.1. The van der Waals surface area contributed by atoms with Crippen LogP contribution in [0.25, 0.3) is 98.8 Å². The van der Waals surface area contributed by atoms with E-state index in [1.165, 1.54) is 45.1 Å². The maximum Gasteiger partial charge on any atom is 0.410 e. The van der Waals surface area contributed by atoms with Crippen LogP contribution in [0.2, 0.25) is 0 Å². The smallest absolute Gasteiger partial charge is 0.410 e. The number of benzene rings is 3. The van der Waals surface area contributed by atoms with Crippen LogP contribution < -0.4 is 14.8 Å². The number of pyridine rings is 6. The van der Waals surface area contributed by atoms with Crippen LogP contribution in [0.4, 0.5) is 9.18 Å². The highest BCUT2D eigenvalue weighted by molar-refractivity contribution is 6.10. The molecule has 0 radical (unpaired) electrons. The normalized spacial score (nSPS) is 14.5. The Bertz CT molecular complexity index is 4290. The minimum absolute atomic E-state index is 0.0648. The molecule has 3 aliphatic rings. The molecular weight excluding hydrogens is 1050 g/mol. The lowest BCUT2D eigenvalue weighted by molar-refractivity contribution is -0.0232. The number of fused-ring (bicyclic) bond motifs is 9. The maximum absolute atomic E-state index is 12.9. The van der Waals surface area contributed by atoms with E-state index in [0.717, 1.165) is 92.2 Å². The summed E-state index contributed by atoms with van der Waals surface area (Å²) in [5.41, 5.74) is 12.8. The second-order valence-corrected chi connectivity index (χ2v) is 22.3. The van der Waals surface area contributed by atoms with Gasteiger partial charge in [0.15, 0.2) is 0 Å². The Labute approximate surface area is 479 Å². The van der Waals surface area contributed by atoms with Gasteiger partial charge in [-0.05, 0) is 117 Å².